The number of rotatable bonds is 3. The summed E-state index contributed by atoms with van der Waals surface area (Å²) in [5.74, 6) is -1.63. The van der Waals surface area contributed by atoms with Crippen LogP contribution in [0.1, 0.15) is 42.4 Å². The molecule has 4 nitrogen and oxygen atoms in total. The van der Waals surface area contributed by atoms with Gasteiger partial charge in [0.25, 0.3) is 0 Å². The molecule has 0 bridgehead atoms. The molecule has 5 heteroatoms. The van der Waals surface area contributed by atoms with Crippen molar-refractivity contribution in [3.05, 3.63) is 65.0 Å². The smallest absolute Gasteiger partial charge is 0.231 e. The van der Waals surface area contributed by atoms with Crippen LogP contribution in [-0.4, -0.2) is 23.9 Å². The molecular formula is C23H23FN2O2. The first-order valence-corrected chi connectivity index (χ1v) is 10.0. The van der Waals surface area contributed by atoms with Crippen LogP contribution in [0.5, 0.6) is 0 Å². The van der Waals surface area contributed by atoms with Crippen LogP contribution >= 0.6 is 0 Å². The highest BCUT2D eigenvalue weighted by Crippen LogP contribution is 2.44. The Kier molecular flexibility index (Phi) is 4.00. The van der Waals surface area contributed by atoms with E-state index in [-0.39, 0.29) is 29.7 Å². The molecule has 2 aromatic carbocycles. The Labute approximate surface area is 163 Å². The van der Waals surface area contributed by atoms with Gasteiger partial charge in [-0.2, -0.15) is 0 Å². The van der Waals surface area contributed by atoms with Crippen molar-refractivity contribution in [2.24, 2.45) is 5.92 Å². The van der Waals surface area contributed by atoms with E-state index in [9.17, 15) is 14.0 Å². The topological polar surface area (TPSA) is 49.4 Å². The number of anilines is 1. The Morgan fingerprint density at radius 1 is 1.11 bits per heavy atom. The van der Waals surface area contributed by atoms with E-state index in [1.165, 1.54) is 23.3 Å². The highest BCUT2D eigenvalue weighted by molar-refractivity contribution is 6.05. The minimum atomic E-state index is -0.582. The van der Waals surface area contributed by atoms with Crippen molar-refractivity contribution >= 4 is 17.5 Å². The van der Waals surface area contributed by atoms with E-state index in [1.54, 1.807) is 11.0 Å². The molecule has 144 valence electrons. The summed E-state index contributed by atoms with van der Waals surface area (Å²) in [6, 6.07) is 12.9. The first kappa shape index (κ1) is 17.4. The van der Waals surface area contributed by atoms with Crippen molar-refractivity contribution in [3.63, 3.8) is 0 Å². The van der Waals surface area contributed by atoms with E-state index >= 15 is 0 Å². The maximum atomic E-state index is 13.9. The summed E-state index contributed by atoms with van der Waals surface area (Å²) in [5, 5.41) is 3.16. The summed E-state index contributed by atoms with van der Waals surface area (Å²) < 4.78 is 13.9. The molecule has 2 atom stereocenters. The van der Waals surface area contributed by atoms with E-state index in [0.717, 1.165) is 31.2 Å². The Bertz CT molecular complexity index is 944. The van der Waals surface area contributed by atoms with Gasteiger partial charge in [-0.05, 0) is 54.5 Å². The number of carbonyl (C=O) groups is 2. The van der Waals surface area contributed by atoms with Crippen LogP contribution in [0.25, 0.3) is 0 Å². The lowest BCUT2D eigenvalue weighted by Crippen LogP contribution is -2.49. The number of halogens is 1. The Morgan fingerprint density at radius 2 is 1.79 bits per heavy atom. The first-order chi connectivity index (χ1) is 13.5. The van der Waals surface area contributed by atoms with Gasteiger partial charge in [0.2, 0.25) is 11.8 Å². The molecule has 5 rings (SSSR count). The van der Waals surface area contributed by atoms with Crippen LogP contribution in [0.4, 0.5) is 10.1 Å². The van der Waals surface area contributed by atoms with Crippen molar-refractivity contribution in [1.29, 1.82) is 0 Å². The molecule has 0 spiro atoms. The summed E-state index contributed by atoms with van der Waals surface area (Å²) in [6.45, 7) is 1.82. The molecule has 3 aliphatic rings. The molecule has 1 saturated carbocycles. The van der Waals surface area contributed by atoms with Gasteiger partial charge >= 0.3 is 0 Å². The average Bonchev–Trinajstić information content (AvgIpc) is 3.41. The van der Waals surface area contributed by atoms with Gasteiger partial charge in [0.1, 0.15) is 5.82 Å². The molecule has 2 unspecified atom stereocenters. The lowest BCUT2D eigenvalue weighted by Gasteiger charge is -2.38. The van der Waals surface area contributed by atoms with E-state index < -0.39 is 11.8 Å². The minimum absolute atomic E-state index is 0.0394. The minimum Gasteiger partial charge on any atom is -0.352 e. The number of nitrogens with zero attached hydrogens (tertiary/aromatic N) is 1. The highest BCUT2D eigenvalue weighted by atomic mass is 19.1. The highest BCUT2D eigenvalue weighted by Gasteiger charge is 2.46. The largest absolute Gasteiger partial charge is 0.352 e. The van der Waals surface area contributed by atoms with E-state index in [4.69, 9.17) is 0 Å². The molecule has 0 aromatic heterocycles. The summed E-state index contributed by atoms with van der Waals surface area (Å²) in [4.78, 5) is 28.0. The van der Waals surface area contributed by atoms with Gasteiger partial charge in [0.05, 0.1) is 17.5 Å². The average molecular weight is 378 g/mol. The number of nitrogens with one attached hydrogen (secondary N) is 1. The predicted molar refractivity (Wildman–Crippen MR) is 105 cm³/mol. The van der Waals surface area contributed by atoms with Gasteiger partial charge in [0, 0.05) is 12.1 Å². The number of hydrogen-bond donors (Lipinski definition) is 1. The second-order valence-corrected chi connectivity index (χ2v) is 8.29. The molecule has 0 radical (unpaired) electrons. The molecule has 2 aliphatic carbocycles. The van der Waals surface area contributed by atoms with Gasteiger partial charge < -0.3 is 10.2 Å². The van der Waals surface area contributed by atoms with Crippen molar-refractivity contribution in [1.82, 2.24) is 5.32 Å². The maximum absolute atomic E-state index is 13.9. The Hall–Kier alpha value is -2.69. The van der Waals surface area contributed by atoms with Crippen LogP contribution in [0.3, 0.4) is 0 Å². The number of amides is 2. The molecule has 0 saturated heterocycles. The van der Waals surface area contributed by atoms with E-state index in [1.807, 2.05) is 19.1 Å². The summed E-state index contributed by atoms with van der Waals surface area (Å²) in [6.07, 6.45) is 3.49. The van der Waals surface area contributed by atoms with Gasteiger partial charge in [-0.1, -0.05) is 37.3 Å². The van der Waals surface area contributed by atoms with Crippen LogP contribution in [0.15, 0.2) is 42.5 Å². The first-order valence-electron chi connectivity index (χ1n) is 10.0. The second kappa shape index (κ2) is 6.43. The van der Waals surface area contributed by atoms with Gasteiger partial charge in [-0.3, -0.25) is 9.59 Å². The van der Waals surface area contributed by atoms with Crippen LogP contribution in [0.2, 0.25) is 0 Å². The SMILES string of the molecule is CC1C(=O)N(C2CC2)c2cc(F)ccc2C1C(=O)NC1Cc2ccccc2C1. The van der Waals surface area contributed by atoms with Crippen LogP contribution in [-0.2, 0) is 22.4 Å². The summed E-state index contributed by atoms with van der Waals surface area (Å²) in [7, 11) is 0. The molecule has 2 aromatic rings. The van der Waals surface area contributed by atoms with Gasteiger partial charge in [-0.15, -0.1) is 0 Å². The number of hydrogen-bond acceptors (Lipinski definition) is 2. The zero-order valence-corrected chi connectivity index (χ0v) is 15.8. The quantitative estimate of drug-likeness (QED) is 0.891. The molecular weight excluding hydrogens is 355 g/mol. The predicted octanol–water partition coefficient (Wildman–Crippen LogP) is 3.34. The third-order valence-corrected chi connectivity index (χ3v) is 6.31. The second-order valence-electron chi connectivity index (χ2n) is 8.29. The van der Waals surface area contributed by atoms with Crippen molar-refractivity contribution in [2.75, 3.05) is 4.90 Å². The molecule has 1 heterocycles. The lowest BCUT2D eigenvalue weighted by atomic mass is 9.80. The summed E-state index contributed by atoms with van der Waals surface area (Å²) in [5.41, 5.74) is 3.86. The fourth-order valence-corrected chi connectivity index (χ4v) is 4.77. The summed E-state index contributed by atoms with van der Waals surface area (Å²) >= 11 is 0. The third kappa shape index (κ3) is 2.81. The number of carbonyl (C=O) groups excluding carboxylic acids is 2. The Morgan fingerprint density at radius 3 is 2.43 bits per heavy atom. The lowest BCUT2D eigenvalue weighted by molar-refractivity contribution is -0.131. The zero-order valence-electron chi connectivity index (χ0n) is 15.8. The van der Waals surface area contributed by atoms with Gasteiger partial charge in [0.15, 0.2) is 0 Å². The van der Waals surface area contributed by atoms with Gasteiger partial charge in [-0.25, -0.2) is 4.39 Å². The van der Waals surface area contributed by atoms with Crippen LogP contribution in [0, 0.1) is 11.7 Å². The molecule has 2 amide bonds. The molecule has 1 fully saturated rings. The van der Waals surface area contributed by atoms with Crippen LogP contribution < -0.4 is 10.2 Å². The third-order valence-electron chi connectivity index (χ3n) is 6.31. The monoisotopic (exact) mass is 378 g/mol. The molecule has 1 aliphatic heterocycles. The molecule has 28 heavy (non-hydrogen) atoms. The normalized spacial score (nSPS) is 24.1. The van der Waals surface area contributed by atoms with Crippen molar-refractivity contribution in [2.45, 2.75) is 50.6 Å². The Balaban J connectivity index is 1.43. The fourth-order valence-electron chi connectivity index (χ4n) is 4.77. The van der Waals surface area contributed by atoms with Crippen molar-refractivity contribution < 1.29 is 14.0 Å². The van der Waals surface area contributed by atoms with Crippen molar-refractivity contribution in [3.8, 4) is 0 Å². The fraction of sp³-hybridized carbons (Fsp3) is 0.391. The maximum Gasteiger partial charge on any atom is 0.231 e. The molecule has 1 N–H and O–H groups in total. The number of fused-ring (bicyclic) bond motifs is 2. The van der Waals surface area contributed by atoms with E-state index in [0.29, 0.717) is 5.69 Å². The zero-order chi connectivity index (χ0) is 19.4. The van der Waals surface area contributed by atoms with E-state index in [2.05, 4.69) is 17.4 Å². The number of benzene rings is 2. The standard InChI is InChI=1S/C23H23FN2O2/c1-13-21(22(27)25-17-10-14-4-2-3-5-15(14)11-17)19-9-6-16(24)12-20(19)26(23(13)28)18-7-8-18/h2-6,9,12-13,17-18,21H,7-8,10-11H2,1H3,(H,25,27).